The number of hydrogen-bond donors (Lipinski definition) is 1. The van der Waals surface area contributed by atoms with Crippen LogP contribution in [0.4, 0.5) is 4.39 Å². The zero-order valence-corrected chi connectivity index (χ0v) is 13.0. The van der Waals surface area contributed by atoms with Gasteiger partial charge in [-0.25, -0.2) is 4.39 Å². The Morgan fingerprint density at radius 1 is 1.16 bits per heavy atom. The highest BCUT2D eigenvalue weighted by atomic mass is 127. The first-order valence-corrected chi connectivity index (χ1v) is 7.51. The summed E-state index contributed by atoms with van der Waals surface area (Å²) >= 11 is 2.35. The van der Waals surface area contributed by atoms with E-state index in [-0.39, 0.29) is 11.9 Å². The van der Waals surface area contributed by atoms with Crippen molar-refractivity contribution in [3.05, 3.63) is 69.0 Å². The molecule has 0 saturated carbocycles. The molecule has 0 bridgehead atoms. The van der Waals surface area contributed by atoms with E-state index in [1.165, 1.54) is 15.2 Å². The molecule has 0 radical (unpaired) electrons. The third-order valence-corrected chi connectivity index (χ3v) is 4.04. The highest BCUT2D eigenvalue weighted by molar-refractivity contribution is 14.1. The van der Waals surface area contributed by atoms with Gasteiger partial charge in [0.2, 0.25) is 0 Å². The summed E-state index contributed by atoms with van der Waals surface area (Å²) in [5.41, 5.74) is 2.29. The lowest BCUT2D eigenvalue weighted by molar-refractivity contribution is 0.544. The second-order valence-corrected chi connectivity index (χ2v) is 5.63. The highest BCUT2D eigenvalue weighted by Gasteiger charge is 2.13. The van der Waals surface area contributed by atoms with Crippen LogP contribution in [0, 0.1) is 9.39 Å². The minimum atomic E-state index is -0.171. The summed E-state index contributed by atoms with van der Waals surface area (Å²) in [5, 5.41) is 3.48. The minimum absolute atomic E-state index is 0.171. The molecule has 2 aromatic rings. The van der Waals surface area contributed by atoms with Crippen molar-refractivity contribution in [1.29, 1.82) is 0 Å². The summed E-state index contributed by atoms with van der Waals surface area (Å²) in [6.07, 6.45) is 0.797. The Hall–Kier alpha value is -0.940. The zero-order chi connectivity index (χ0) is 13.7. The third-order valence-electron chi connectivity index (χ3n) is 3.06. The molecule has 19 heavy (non-hydrogen) atoms. The fourth-order valence-corrected chi connectivity index (χ4v) is 2.96. The molecule has 0 aliphatic carbocycles. The number of halogens is 2. The van der Waals surface area contributed by atoms with Crippen LogP contribution in [0.1, 0.15) is 24.1 Å². The first-order chi connectivity index (χ1) is 9.20. The van der Waals surface area contributed by atoms with E-state index in [0.717, 1.165) is 18.5 Å². The highest BCUT2D eigenvalue weighted by Crippen LogP contribution is 2.23. The molecule has 100 valence electrons. The van der Waals surface area contributed by atoms with Gasteiger partial charge in [-0.3, -0.25) is 0 Å². The Bertz CT molecular complexity index is 542. The predicted octanol–water partition coefficient (Wildman–Crippen LogP) is 4.32. The van der Waals surface area contributed by atoms with Crippen LogP contribution in [0.5, 0.6) is 0 Å². The summed E-state index contributed by atoms with van der Waals surface area (Å²) in [5.74, 6) is -0.171. The third kappa shape index (κ3) is 4.01. The molecule has 0 aliphatic rings. The van der Waals surface area contributed by atoms with E-state index < -0.39 is 0 Å². The molecule has 3 heteroatoms. The van der Waals surface area contributed by atoms with E-state index in [2.05, 4.69) is 47.0 Å². The molecule has 0 spiro atoms. The maximum atomic E-state index is 13.3. The molecule has 1 N–H and O–H groups in total. The van der Waals surface area contributed by atoms with Crippen molar-refractivity contribution in [1.82, 2.24) is 5.32 Å². The van der Waals surface area contributed by atoms with Crippen molar-refractivity contribution in [2.45, 2.75) is 19.4 Å². The van der Waals surface area contributed by atoms with Gasteiger partial charge in [0, 0.05) is 9.61 Å². The van der Waals surface area contributed by atoms with Crippen molar-refractivity contribution in [3.63, 3.8) is 0 Å². The molecular formula is C16H17FIN. The lowest BCUT2D eigenvalue weighted by Gasteiger charge is -2.20. The number of rotatable bonds is 5. The maximum absolute atomic E-state index is 13.3. The standard InChI is InChI=1S/C16H17FIN/c1-2-19-16(14-8-3-4-9-15(14)18)11-12-6-5-7-13(17)10-12/h3-10,16,19H,2,11H2,1H3. The number of nitrogens with one attached hydrogen (secondary N) is 1. The Labute approximate surface area is 127 Å². The van der Waals surface area contributed by atoms with E-state index >= 15 is 0 Å². The molecule has 1 unspecified atom stereocenters. The van der Waals surface area contributed by atoms with Gasteiger partial charge in [-0.2, -0.15) is 0 Å². The molecule has 1 nitrogen and oxygen atoms in total. The van der Waals surface area contributed by atoms with E-state index in [4.69, 9.17) is 0 Å². The van der Waals surface area contributed by atoms with Crippen molar-refractivity contribution in [3.8, 4) is 0 Å². The molecule has 0 amide bonds. The molecular weight excluding hydrogens is 352 g/mol. The average molecular weight is 369 g/mol. The van der Waals surface area contributed by atoms with Gasteiger partial charge in [0.25, 0.3) is 0 Å². The predicted molar refractivity (Wildman–Crippen MR) is 85.7 cm³/mol. The van der Waals surface area contributed by atoms with Crippen LogP contribution in [-0.2, 0) is 6.42 Å². The second-order valence-electron chi connectivity index (χ2n) is 4.47. The van der Waals surface area contributed by atoms with Crippen LogP contribution < -0.4 is 5.32 Å². The Kier molecular flexibility index (Phi) is 5.34. The molecule has 0 saturated heterocycles. The van der Waals surface area contributed by atoms with Crippen molar-refractivity contribution >= 4 is 22.6 Å². The lowest BCUT2D eigenvalue weighted by Crippen LogP contribution is -2.23. The number of likely N-dealkylation sites (N-methyl/N-ethyl adjacent to an activating group) is 1. The van der Waals surface area contributed by atoms with Crippen LogP contribution in [-0.4, -0.2) is 6.54 Å². The van der Waals surface area contributed by atoms with Gasteiger partial charge in [0.1, 0.15) is 5.82 Å². The van der Waals surface area contributed by atoms with Crippen LogP contribution in [0.3, 0.4) is 0 Å². The van der Waals surface area contributed by atoms with Crippen LogP contribution in [0.25, 0.3) is 0 Å². The van der Waals surface area contributed by atoms with E-state index in [1.807, 2.05) is 18.2 Å². The van der Waals surface area contributed by atoms with Gasteiger partial charge >= 0.3 is 0 Å². The quantitative estimate of drug-likeness (QED) is 0.774. The van der Waals surface area contributed by atoms with E-state index in [9.17, 15) is 4.39 Å². The van der Waals surface area contributed by atoms with Gasteiger partial charge < -0.3 is 5.32 Å². The molecule has 1 atom stereocenters. The largest absolute Gasteiger partial charge is 0.310 e. The van der Waals surface area contributed by atoms with Gasteiger partial charge in [-0.15, -0.1) is 0 Å². The Morgan fingerprint density at radius 2 is 1.95 bits per heavy atom. The molecule has 2 rings (SSSR count). The minimum Gasteiger partial charge on any atom is -0.310 e. The van der Waals surface area contributed by atoms with Gasteiger partial charge in [-0.05, 0) is 64.9 Å². The molecule has 0 fully saturated rings. The Balaban J connectivity index is 2.24. The van der Waals surface area contributed by atoms with E-state index in [1.54, 1.807) is 12.1 Å². The smallest absolute Gasteiger partial charge is 0.123 e. The average Bonchev–Trinajstić information content (AvgIpc) is 2.39. The molecule has 2 aromatic carbocycles. The molecule has 0 aromatic heterocycles. The zero-order valence-electron chi connectivity index (χ0n) is 10.9. The van der Waals surface area contributed by atoms with Crippen LogP contribution >= 0.6 is 22.6 Å². The van der Waals surface area contributed by atoms with Gasteiger partial charge in [0.15, 0.2) is 0 Å². The number of hydrogen-bond acceptors (Lipinski definition) is 1. The summed E-state index contributed by atoms with van der Waals surface area (Å²) < 4.78 is 14.5. The monoisotopic (exact) mass is 369 g/mol. The fraction of sp³-hybridized carbons (Fsp3) is 0.250. The summed E-state index contributed by atoms with van der Waals surface area (Å²) in [6.45, 7) is 2.99. The molecule has 0 aliphatic heterocycles. The van der Waals surface area contributed by atoms with Gasteiger partial charge in [0.05, 0.1) is 0 Å². The number of benzene rings is 2. The van der Waals surface area contributed by atoms with Crippen molar-refractivity contribution in [2.24, 2.45) is 0 Å². The van der Waals surface area contributed by atoms with Gasteiger partial charge in [-0.1, -0.05) is 37.3 Å². The first-order valence-electron chi connectivity index (χ1n) is 6.43. The fourth-order valence-electron chi connectivity index (χ4n) is 2.20. The summed E-state index contributed by atoms with van der Waals surface area (Å²) in [7, 11) is 0. The van der Waals surface area contributed by atoms with Crippen LogP contribution in [0.2, 0.25) is 0 Å². The normalized spacial score (nSPS) is 12.4. The molecule has 0 heterocycles. The van der Waals surface area contributed by atoms with Crippen LogP contribution in [0.15, 0.2) is 48.5 Å². The topological polar surface area (TPSA) is 12.0 Å². The second kappa shape index (κ2) is 7.01. The first kappa shape index (κ1) is 14.5. The summed E-state index contributed by atoms with van der Waals surface area (Å²) in [4.78, 5) is 0. The van der Waals surface area contributed by atoms with Crippen molar-refractivity contribution in [2.75, 3.05) is 6.54 Å². The van der Waals surface area contributed by atoms with E-state index in [0.29, 0.717) is 0 Å². The SMILES string of the molecule is CCNC(Cc1cccc(F)c1)c1ccccc1I. The maximum Gasteiger partial charge on any atom is 0.123 e. The van der Waals surface area contributed by atoms with Crippen molar-refractivity contribution < 1.29 is 4.39 Å². The summed E-state index contributed by atoms with van der Waals surface area (Å²) in [6, 6.07) is 15.4. The lowest BCUT2D eigenvalue weighted by atomic mass is 9.99. The Morgan fingerprint density at radius 3 is 2.63 bits per heavy atom.